The zero-order valence-corrected chi connectivity index (χ0v) is 12.3. The summed E-state index contributed by atoms with van der Waals surface area (Å²) in [5, 5.41) is 6.54. The first-order valence-corrected chi connectivity index (χ1v) is 7.40. The summed E-state index contributed by atoms with van der Waals surface area (Å²) in [5.74, 6) is 1.41. The Morgan fingerprint density at radius 2 is 2.15 bits per heavy atom. The number of hydrogen-bond acceptors (Lipinski definition) is 3. The van der Waals surface area contributed by atoms with Crippen molar-refractivity contribution in [2.24, 2.45) is 5.92 Å². The summed E-state index contributed by atoms with van der Waals surface area (Å²) in [7, 11) is 1.62. The van der Waals surface area contributed by atoms with Gasteiger partial charge in [-0.1, -0.05) is 13.3 Å². The van der Waals surface area contributed by atoms with E-state index in [0.717, 1.165) is 18.7 Å². The minimum Gasteiger partial charge on any atom is -0.497 e. The lowest BCUT2D eigenvalue weighted by molar-refractivity contribution is 0.0942. The lowest BCUT2D eigenvalue weighted by atomic mass is 9.88. The van der Waals surface area contributed by atoms with Crippen molar-refractivity contribution < 1.29 is 9.53 Å². The van der Waals surface area contributed by atoms with E-state index in [1.54, 1.807) is 19.2 Å². The predicted octanol–water partition coefficient (Wildman–Crippen LogP) is 2.20. The van der Waals surface area contributed by atoms with Gasteiger partial charge in [-0.3, -0.25) is 4.79 Å². The van der Waals surface area contributed by atoms with Crippen LogP contribution >= 0.6 is 0 Å². The number of ether oxygens (including phenoxy) is 1. The Morgan fingerprint density at radius 3 is 2.80 bits per heavy atom. The third kappa shape index (κ3) is 3.73. The fourth-order valence-electron chi connectivity index (χ4n) is 2.79. The van der Waals surface area contributed by atoms with Crippen LogP contribution in [0.3, 0.4) is 0 Å². The van der Waals surface area contributed by atoms with Crippen LogP contribution in [0, 0.1) is 5.92 Å². The van der Waals surface area contributed by atoms with E-state index < -0.39 is 0 Å². The maximum absolute atomic E-state index is 12.1. The number of benzene rings is 1. The molecule has 1 aliphatic rings. The van der Waals surface area contributed by atoms with Gasteiger partial charge in [0.15, 0.2) is 0 Å². The summed E-state index contributed by atoms with van der Waals surface area (Å²) in [6, 6.07) is 7.60. The van der Waals surface area contributed by atoms with Crippen molar-refractivity contribution >= 4 is 5.91 Å². The van der Waals surface area contributed by atoms with Crippen LogP contribution in [0.5, 0.6) is 5.75 Å². The first-order chi connectivity index (χ1) is 9.74. The lowest BCUT2D eigenvalue weighted by Crippen LogP contribution is -2.48. The molecule has 2 rings (SSSR count). The Balaban J connectivity index is 1.87. The number of carbonyl (C=O) groups excluding carboxylic acids is 1. The Hall–Kier alpha value is -1.55. The van der Waals surface area contributed by atoms with E-state index in [0.29, 0.717) is 24.1 Å². The average Bonchev–Trinajstić information content (AvgIpc) is 2.53. The molecule has 2 atom stereocenters. The third-order valence-electron chi connectivity index (χ3n) is 4.09. The van der Waals surface area contributed by atoms with E-state index in [-0.39, 0.29) is 5.91 Å². The van der Waals surface area contributed by atoms with Crippen LogP contribution in [-0.4, -0.2) is 32.1 Å². The number of nitrogens with one attached hydrogen (secondary N) is 2. The molecule has 1 aromatic carbocycles. The number of piperidine rings is 1. The van der Waals surface area contributed by atoms with Gasteiger partial charge in [0.2, 0.25) is 0 Å². The lowest BCUT2D eigenvalue weighted by Gasteiger charge is -2.32. The molecule has 1 fully saturated rings. The van der Waals surface area contributed by atoms with Crippen LogP contribution in [0.2, 0.25) is 0 Å². The highest BCUT2D eigenvalue weighted by molar-refractivity contribution is 5.94. The standard InChI is InChI=1S/C16H24N2O2/c1-3-12-5-4-10-17-15(12)11-18-16(19)13-6-8-14(20-2)9-7-13/h6-9,12,15,17H,3-5,10-11H2,1-2H3,(H,18,19). The Bertz CT molecular complexity index is 431. The summed E-state index contributed by atoms with van der Waals surface area (Å²) in [5.41, 5.74) is 0.676. The van der Waals surface area contributed by atoms with E-state index >= 15 is 0 Å². The van der Waals surface area contributed by atoms with E-state index in [2.05, 4.69) is 17.6 Å². The highest BCUT2D eigenvalue weighted by Crippen LogP contribution is 2.19. The molecule has 0 spiro atoms. The van der Waals surface area contributed by atoms with Gasteiger partial charge in [-0.25, -0.2) is 0 Å². The van der Waals surface area contributed by atoms with Crippen molar-refractivity contribution in [1.29, 1.82) is 0 Å². The number of amides is 1. The average molecular weight is 276 g/mol. The Morgan fingerprint density at radius 1 is 1.40 bits per heavy atom. The van der Waals surface area contributed by atoms with Crippen LogP contribution in [0.1, 0.15) is 36.5 Å². The van der Waals surface area contributed by atoms with Crippen LogP contribution in [0.15, 0.2) is 24.3 Å². The monoisotopic (exact) mass is 276 g/mol. The predicted molar refractivity (Wildman–Crippen MR) is 80.1 cm³/mol. The quantitative estimate of drug-likeness (QED) is 0.867. The second-order valence-electron chi connectivity index (χ2n) is 5.31. The number of carbonyl (C=O) groups is 1. The van der Waals surface area contributed by atoms with Gasteiger partial charge in [0.1, 0.15) is 5.75 Å². The molecule has 1 aliphatic heterocycles. The summed E-state index contributed by atoms with van der Waals surface area (Å²) in [6.07, 6.45) is 3.66. The normalized spacial score (nSPS) is 22.3. The zero-order chi connectivity index (χ0) is 14.4. The molecule has 110 valence electrons. The minimum atomic E-state index is -0.0186. The highest BCUT2D eigenvalue weighted by Gasteiger charge is 2.23. The van der Waals surface area contributed by atoms with Crippen LogP contribution in [0.25, 0.3) is 0 Å². The van der Waals surface area contributed by atoms with E-state index in [9.17, 15) is 4.79 Å². The third-order valence-corrected chi connectivity index (χ3v) is 4.09. The van der Waals surface area contributed by atoms with Crippen molar-refractivity contribution in [1.82, 2.24) is 10.6 Å². The molecule has 1 saturated heterocycles. The van der Waals surface area contributed by atoms with Gasteiger partial charge in [0, 0.05) is 18.2 Å². The molecule has 4 nitrogen and oxygen atoms in total. The summed E-state index contributed by atoms with van der Waals surface area (Å²) >= 11 is 0. The van der Waals surface area contributed by atoms with Gasteiger partial charge in [-0.2, -0.15) is 0 Å². The summed E-state index contributed by atoms with van der Waals surface area (Å²) < 4.78 is 5.09. The summed E-state index contributed by atoms with van der Waals surface area (Å²) in [6.45, 7) is 3.97. The Kier molecular flexibility index (Phi) is 5.41. The molecule has 0 aromatic heterocycles. The molecule has 4 heteroatoms. The Labute approximate surface area is 120 Å². The molecular weight excluding hydrogens is 252 g/mol. The van der Waals surface area contributed by atoms with Crippen molar-refractivity contribution in [2.45, 2.75) is 32.2 Å². The zero-order valence-electron chi connectivity index (χ0n) is 12.3. The van der Waals surface area contributed by atoms with Crippen LogP contribution in [-0.2, 0) is 0 Å². The van der Waals surface area contributed by atoms with Crippen molar-refractivity contribution in [2.75, 3.05) is 20.2 Å². The SMILES string of the molecule is CCC1CCCNC1CNC(=O)c1ccc(OC)cc1. The van der Waals surface area contributed by atoms with E-state index in [4.69, 9.17) is 4.74 Å². The van der Waals surface area contributed by atoms with Crippen LogP contribution in [0.4, 0.5) is 0 Å². The van der Waals surface area contributed by atoms with Crippen LogP contribution < -0.4 is 15.4 Å². The first-order valence-electron chi connectivity index (χ1n) is 7.40. The first kappa shape index (κ1) is 14.9. The van der Waals surface area contributed by atoms with Gasteiger partial charge in [-0.15, -0.1) is 0 Å². The van der Waals surface area contributed by atoms with Crippen molar-refractivity contribution in [3.63, 3.8) is 0 Å². The van der Waals surface area contributed by atoms with E-state index in [1.807, 2.05) is 12.1 Å². The molecule has 1 amide bonds. The number of rotatable bonds is 5. The van der Waals surface area contributed by atoms with E-state index in [1.165, 1.54) is 12.8 Å². The van der Waals surface area contributed by atoms with Gasteiger partial charge >= 0.3 is 0 Å². The molecule has 0 bridgehead atoms. The molecular formula is C16H24N2O2. The summed E-state index contributed by atoms with van der Waals surface area (Å²) in [4.78, 5) is 12.1. The van der Waals surface area contributed by atoms with Gasteiger partial charge < -0.3 is 15.4 Å². The second-order valence-corrected chi connectivity index (χ2v) is 5.31. The highest BCUT2D eigenvalue weighted by atomic mass is 16.5. The number of hydrogen-bond donors (Lipinski definition) is 2. The van der Waals surface area contributed by atoms with Crippen molar-refractivity contribution in [3.8, 4) is 5.75 Å². The van der Waals surface area contributed by atoms with Crippen molar-refractivity contribution in [3.05, 3.63) is 29.8 Å². The molecule has 2 N–H and O–H groups in total. The smallest absolute Gasteiger partial charge is 0.251 e. The fraction of sp³-hybridized carbons (Fsp3) is 0.562. The molecule has 1 aromatic rings. The second kappa shape index (κ2) is 7.29. The number of methoxy groups -OCH3 is 1. The fourth-order valence-corrected chi connectivity index (χ4v) is 2.79. The van der Waals surface area contributed by atoms with Gasteiger partial charge in [0.05, 0.1) is 7.11 Å². The molecule has 2 unspecified atom stereocenters. The topological polar surface area (TPSA) is 50.4 Å². The molecule has 1 heterocycles. The molecule has 20 heavy (non-hydrogen) atoms. The molecule has 0 aliphatic carbocycles. The minimum absolute atomic E-state index is 0.0186. The van der Waals surface area contributed by atoms with Gasteiger partial charge in [-0.05, 0) is 49.6 Å². The maximum atomic E-state index is 12.1. The van der Waals surface area contributed by atoms with Gasteiger partial charge in [0.25, 0.3) is 5.91 Å². The largest absolute Gasteiger partial charge is 0.497 e. The molecule has 0 radical (unpaired) electrons. The molecule has 0 saturated carbocycles. The maximum Gasteiger partial charge on any atom is 0.251 e.